The zero-order chi connectivity index (χ0) is 22.0. The molecule has 0 fully saturated rings. The predicted octanol–water partition coefficient (Wildman–Crippen LogP) is 1.79. The summed E-state index contributed by atoms with van der Waals surface area (Å²) in [5, 5.41) is 5.67. The van der Waals surface area contributed by atoms with Gasteiger partial charge in [-0.3, -0.25) is 14.5 Å². The highest BCUT2D eigenvalue weighted by atomic mass is 16.5. The quantitative estimate of drug-likeness (QED) is 0.705. The summed E-state index contributed by atoms with van der Waals surface area (Å²) >= 11 is 0. The van der Waals surface area contributed by atoms with Gasteiger partial charge >= 0.3 is 6.03 Å². The molecular formula is C22H24N4O5. The van der Waals surface area contributed by atoms with Crippen LogP contribution in [0.1, 0.15) is 23.8 Å². The molecule has 2 N–H and O–H groups in total. The fraction of sp³-hybridized carbons (Fsp3) is 0.318. The summed E-state index contributed by atoms with van der Waals surface area (Å²) in [4.78, 5) is 41.0. The lowest BCUT2D eigenvalue weighted by Gasteiger charge is -2.31. The van der Waals surface area contributed by atoms with Gasteiger partial charge in [0, 0.05) is 25.6 Å². The summed E-state index contributed by atoms with van der Waals surface area (Å²) in [6, 6.07) is 9.92. The maximum Gasteiger partial charge on any atom is 0.322 e. The van der Waals surface area contributed by atoms with Crippen LogP contribution in [-0.2, 0) is 16.1 Å². The van der Waals surface area contributed by atoms with Crippen LogP contribution < -0.4 is 15.4 Å². The second-order valence-electron chi connectivity index (χ2n) is 7.38. The molecule has 2 aliphatic heterocycles. The van der Waals surface area contributed by atoms with Crippen molar-refractivity contribution in [2.45, 2.75) is 19.0 Å². The van der Waals surface area contributed by atoms with Crippen molar-refractivity contribution in [1.29, 1.82) is 0 Å². The molecule has 162 valence electrons. The van der Waals surface area contributed by atoms with Crippen LogP contribution in [0.3, 0.4) is 0 Å². The van der Waals surface area contributed by atoms with Gasteiger partial charge in [0.2, 0.25) is 5.91 Å². The molecule has 4 rings (SSSR count). The van der Waals surface area contributed by atoms with E-state index in [1.54, 1.807) is 43.5 Å². The summed E-state index contributed by atoms with van der Waals surface area (Å²) in [6.45, 7) is 0.817. The van der Waals surface area contributed by atoms with Crippen LogP contribution in [0.15, 0.2) is 58.3 Å². The lowest BCUT2D eigenvalue weighted by molar-refractivity contribution is -0.127. The van der Waals surface area contributed by atoms with Crippen LogP contribution in [0, 0.1) is 0 Å². The van der Waals surface area contributed by atoms with E-state index in [0.29, 0.717) is 34.9 Å². The molecule has 0 unspecified atom stereocenters. The molecule has 31 heavy (non-hydrogen) atoms. The number of carbonyl (C=O) groups is 3. The van der Waals surface area contributed by atoms with Crippen molar-refractivity contribution < 1.29 is 23.5 Å². The summed E-state index contributed by atoms with van der Waals surface area (Å²) < 4.78 is 10.6. The van der Waals surface area contributed by atoms with Crippen molar-refractivity contribution in [1.82, 2.24) is 20.4 Å². The van der Waals surface area contributed by atoms with Gasteiger partial charge in [-0.25, -0.2) is 4.79 Å². The number of likely N-dealkylation sites (N-methyl/N-ethyl adjacent to an activating group) is 1. The standard InChI is InChI=1S/C22H24N4O5/c1-25-16-13-26(10-9-18(27)23-12-14-6-5-11-31-14)21(28)19(16)20(24-22(25)29)15-7-3-4-8-17(15)30-2/h3-8,11,20H,9-10,12-13H2,1-2H3,(H,23,27)(H,24,29)/t20-/m1/s1. The number of hydrogen-bond donors (Lipinski definition) is 2. The Bertz CT molecular complexity index is 1030. The zero-order valence-corrected chi connectivity index (χ0v) is 17.4. The second kappa shape index (κ2) is 8.55. The van der Waals surface area contributed by atoms with Crippen molar-refractivity contribution >= 4 is 17.8 Å². The van der Waals surface area contributed by atoms with Gasteiger partial charge in [0.15, 0.2) is 0 Å². The third kappa shape index (κ3) is 3.98. The molecule has 2 aliphatic rings. The lowest BCUT2D eigenvalue weighted by Crippen LogP contribution is -2.45. The highest BCUT2D eigenvalue weighted by Gasteiger charge is 2.43. The Balaban J connectivity index is 1.47. The normalized spacial score (nSPS) is 18.2. The summed E-state index contributed by atoms with van der Waals surface area (Å²) in [6.07, 6.45) is 1.70. The van der Waals surface area contributed by atoms with Gasteiger partial charge in [-0.15, -0.1) is 0 Å². The molecule has 2 aromatic rings. The molecule has 0 saturated heterocycles. The van der Waals surface area contributed by atoms with E-state index in [-0.39, 0.29) is 37.4 Å². The number of methoxy groups -OCH3 is 1. The third-order valence-electron chi connectivity index (χ3n) is 5.53. The average Bonchev–Trinajstić information content (AvgIpc) is 3.41. The number of urea groups is 1. The molecule has 0 aliphatic carbocycles. The van der Waals surface area contributed by atoms with Crippen LogP contribution in [0.5, 0.6) is 5.75 Å². The first-order chi connectivity index (χ1) is 15.0. The summed E-state index contributed by atoms with van der Waals surface area (Å²) in [5.41, 5.74) is 1.86. The lowest BCUT2D eigenvalue weighted by atomic mass is 9.95. The maximum absolute atomic E-state index is 13.2. The van der Waals surface area contributed by atoms with Crippen LogP contribution in [-0.4, -0.2) is 54.9 Å². The van der Waals surface area contributed by atoms with Gasteiger partial charge in [-0.05, 0) is 18.2 Å². The Labute approximate surface area is 179 Å². The minimum Gasteiger partial charge on any atom is -0.496 e. The Hall–Kier alpha value is -3.75. The largest absolute Gasteiger partial charge is 0.496 e. The Kier molecular flexibility index (Phi) is 5.66. The Morgan fingerprint density at radius 3 is 2.81 bits per heavy atom. The number of furan rings is 1. The molecule has 9 heteroatoms. The number of hydrogen-bond acceptors (Lipinski definition) is 5. The number of benzene rings is 1. The predicted molar refractivity (Wildman–Crippen MR) is 111 cm³/mol. The van der Waals surface area contributed by atoms with Crippen LogP contribution >= 0.6 is 0 Å². The molecule has 4 amide bonds. The molecule has 0 bridgehead atoms. The molecule has 0 radical (unpaired) electrons. The molecule has 0 saturated carbocycles. The minimum atomic E-state index is -0.611. The van der Waals surface area contributed by atoms with Gasteiger partial charge in [0.05, 0.1) is 43.8 Å². The number of carbonyl (C=O) groups excluding carboxylic acids is 3. The van der Waals surface area contributed by atoms with Gasteiger partial charge in [0.1, 0.15) is 11.5 Å². The molecule has 3 heterocycles. The van der Waals surface area contributed by atoms with Crippen LogP contribution in [0.25, 0.3) is 0 Å². The van der Waals surface area contributed by atoms with E-state index >= 15 is 0 Å². The van der Waals surface area contributed by atoms with Crippen molar-refractivity contribution in [3.05, 3.63) is 65.3 Å². The highest BCUT2D eigenvalue weighted by Crippen LogP contribution is 2.38. The Morgan fingerprint density at radius 2 is 2.06 bits per heavy atom. The number of rotatable bonds is 7. The van der Waals surface area contributed by atoms with Gasteiger partial charge in [-0.1, -0.05) is 18.2 Å². The van der Waals surface area contributed by atoms with E-state index < -0.39 is 6.04 Å². The van der Waals surface area contributed by atoms with Gasteiger partial charge < -0.3 is 24.7 Å². The third-order valence-corrected chi connectivity index (χ3v) is 5.53. The Morgan fingerprint density at radius 1 is 1.26 bits per heavy atom. The minimum absolute atomic E-state index is 0.150. The molecule has 9 nitrogen and oxygen atoms in total. The number of para-hydroxylation sites is 1. The van der Waals surface area contributed by atoms with Crippen molar-refractivity contribution in [3.63, 3.8) is 0 Å². The highest BCUT2D eigenvalue weighted by molar-refractivity contribution is 6.01. The van der Waals surface area contributed by atoms with E-state index in [9.17, 15) is 14.4 Å². The smallest absolute Gasteiger partial charge is 0.322 e. The van der Waals surface area contributed by atoms with E-state index in [1.807, 2.05) is 18.2 Å². The fourth-order valence-corrected chi connectivity index (χ4v) is 3.87. The van der Waals surface area contributed by atoms with E-state index in [0.717, 1.165) is 0 Å². The molecule has 1 atom stereocenters. The first-order valence-electron chi connectivity index (χ1n) is 9.98. The first-order valence-corrected chi connectivity index (χ1v) is 9.98. The summed E-state index contributed by atoms with van der Waals surface area (Å²) in [7, 11) is 3.19. The van der Waals surface area contributed by atoms with Crippen LogP contribution in [0.4, 0.5) is 4.79 Å². The monoisotopic (exact) mass is 424 g/mol. The van der Waals surface area contributed by atoms with Gasteiger partial charge in [0.25, 0.3) is 5.91 Å². The topological polar surface area (TPSA) is 104 Å². The van der Waals surface area contributed by atoms with E-state index in [1.165, 1.54) is 4.90 Å². The first kappa shape index (κ1) is 20.5. The molecular weight excluding hydrogens is 400 g/mol. The van der Waals surface area contributed by atoms with Crippen molar-refractivity contribution in [2.75, 3.05) is 27.2 Å². The zero-order valence-electron chi connectivity index (χ0n) is 17.4. The fourth-order valence-electron chi connectivity index (χ4n) is 3.87. The van der Waals surface area contributed by atoms with E-state index in [2.05, 4.69) is 10.6 Å². The van der Waals surface area contributed by atoms with Crippen LogP contribution in [0.2, 0.25) is 0 Å². The second-order valence-corrected chi connectivity index (χ2v) is 7.38. The molecule has 0 spiro atoms. The number of amides is 4. The van der Waals surface area contributed by atoms with Gasteiger partial charge in [-0.2, -0.15) is 0 Å². The number of ether oxygens (including phenoxy) is 1. The van der Waals surface area contributed by atoms with Crippen molar-refractivity contribution in [3.8, 4) is 5.75 Å². The summed E-state index contributed by atoms with van der Waals surface area (Å²) in [5.74, 6) is 0.871. The van der Waals surface area contributed by atoms with Crippen molar-refractivity contribution in [2.24, 2.45) is 0 Å². The SMILES string of the molecule is COc1ccccc1[C@H]1NC(=O)N(C)C2=C1C(=O)N(CCC(=O)NCc1ccco1)C2. The molecule has 1 aromatic carbocycles. The number of nitrogens with one attached hydrogen (secondary N) is 2. The van der Waals surface area contributed by atoms with E-state index in [4.69, 9.17) is 9.15 Å². The number of nitrogens with zero attached hydrogens (tertiary/aromatic N) is 2. The maximum atomic E-state index is 13.2. The molecule has 1 aromatic heterocycles. The average molecular weight is 424 g/mol.